The largest absolute Gasteiger partial charge is 0.472 e. The standard InChI is InChI=1S/C38H73O10P/c1-3-5-7-9-11-13-15-16-17-18-20-21-23-25-27-29-37(41)45-33-36(34-47-49(43,44)46-32-35(40)31-39)48-38(42)30-28-26-24-22-19-14-12-10-8-6-4-2/h23,25,35-36,39-40H,3-22,24,26-34H2,1-2H3,(H,43,44)/b25-23+/t35-,36+/m0/s1. The lowest BCUT2D eigenvalue weighted by Crippen LogP contribution is -2.29. The van der Waals surface area contributed by atoms with E-state index in [1.54, 1.807) is 0 Å². The van der Waals surface area contributed by atoms with Gasteiger partial charge in [-0.15, -0.1) is 0 Å². The molecule has 0 aliphatic carbocycles. The number of allylic oxidation sites excluding steroid dienone is 2. The Kier molecular flexibility index (Phi) is 34.2. The van der Waals surface area contributed by atoms with Gasteiger partial charge in [0.05, 0.1) is 19.8 Å². The number of esters is 2. The maximum atomic E-state index is 12.5. The number of carbonyl (C=O) groups excluding carboxylic acids is 2. The lowest BCUT2D eigenvalue weighted by molar-refractivity contribution is -0.161. The Labute approximate surface area is 298 Å². The van der Waals surface area contributed by atoms with Gasteiger partial charge in [-0.25, -0.2) is 4.57 Å². The Morgan fingerprint density at radius 2 is 1.04 bits per heavy atom. The third-order valence-corrected chi connectivity index (χ3v) is 9.38. The summed E-state index contributed by atoms with van der Waals surface area (Å²) in [5, 5.41) is 18.3. The predicted octanol–water partition coefficient (Wildman–Crippen LogP) is 9.67. The van der Waals surface area contributed by atoms with Crippen molar-refractivity contribution in [3.8, 4) is 0 Å². The van der Waals surface area contributed by atoms with Gasteiger partial charge in [-0.2, -0.15) is 0 Å². The quantitative estimate of drug-likeness (QED) is 0.0245. The van der Waals surface area contributed by atoms with Gasteiger partial charge in [0.15, 0.2) is 6.10 Å². The highest BCUT2D eigenvalue weighted by Gasteiger charge is 2.27. The molecule has 0 fully saturated rings. The Morgan fingerprint density at radius 3 is 1.55 bits per heavy atom. The molecule has 290 valence electrons. The third-order valence-electron chi connectivity index (χ3n) is 8.43. The van der Waals surface area contributed by atoms with Crippen LogP contribution < -0.4 is 0 Å². The van der Waals surface area contributed by atoms with Gasteiger partial charge in [-0.1, -0.05) is 154 Å². The maximum absolute atomic E-state index is 12.5. The monoisotopic (exact) mass is 720 g/mol. The van der Waals surface area contributed by atoms with Crippen molar-refractivity contribution >= 4 is 19.8 Å². The summed E-state index contributed by atoms with van der Waals surface area (Å²) >= 11 is 0. The minimum atomic E-state index is -4.61. The molecule has 0 spiro atoms. The number of hydrogen-bond donors (Lipinski definition) is 3. The van der Waals surface area contributed by atoms with Crippen LogP contribution in [0.3, 0.4) is 0 Å². The highest BCUT2D eigenvalue weighted by molar-refractivity contribution is 7.47. The number of hydrogen-bond acceptors (Lipinski definition) is 9. The van der Waals surface area contributed by atoms with E-state index >= 15 is 0 Å². The number of aliphatic hydroxyl groups is 2. The maximum Gasteiger partial charge on any atom is 0.472 e. The summed E-state index contributed by atoms with van der Waals surface area (Å²) in [5.41, 5.74) is 0. The number of carbonyl (C=O) groups is 2. The van der Waals surface area contributed by atoms with Crippen molar-refractivity contribution in [3.63, 3.8) is 0 Å². The van der Waals surface area contributed by atoms with Crippen LogP contribution in [0.4, 0.5) is 0 Å². The lowest BCUT2D eigenvalue weighted by Gasteiger charge is -2.20. The van der Waals surface area contributed by atoms with Crippen LogP contribution in [0.5, 0.6) is 0 Å². The fourth-order valence-corrected chi connectivity index (χ4v) is 6.15. The van der Waals surface area contributed by atoms with E-state index in [-0.39, 0.29) is 19.4 Å². The molecule has 0 aromatic rings. The molecule has 10 nitrogen and oxygen atoms in total. The fraction of sp³-hybridized carbons (Fsp3) is 0.895. The Balaban J connectivity index is 4.36. The summed E-state index contributed by atoms with van der Waals surface area (Å²) in [7, 11) is -4.61. The first-order valence-corrected chi connectivity index (χ1v) is 21.1. The Bertz CT molecular complexity index is 837. The number of phosphoric acid groups is 1. The van der Waals surface area contributed by atoms with Crippen LogP contribution in [0.1, 0.15) is 181 Å². The van der Waals surface area contributed by atoms with Gasteiger partial charge >= 0.3 is 19.8 Å². The van der Waals surface area contributed by atoms with Crippen molar-refractivity contribution in [2.24, 2.45) is 0 Å². The van der Waals surface area contributed by atoms with E-state index in [2.05, 4.69) is 24.4 Å². The molecule has 0 aliphatic rings. The molecule has 0 rings (SSSR count). The second-order valence-electron chi connectivity index (χ2n) is 13.3. The van der Waals surface area contributed by atoms with Gasteiger partial charge in [-0.05, 0) is 25.7 Å². The molecule has 0 saturated carbocycles. The van der Waals surface area contributed by atoms with Gasteiger partial charge < -0.3 is 24.6 Å². The fourth-order valence-electron chi connectivity index (χ4n) is 5.36. The Morgan fingerprint density at radius 1 is 0.592 bits per heavy atom. The first-order chi connectivity index (χ1) is 23.7. The van der Waals surface area contributed by atoms with E-state index in [1.165, 1.54) is 109 Å². The van der Waals surface area contributed by atoms with Crippen molar-refractivity contribution in [1.29, 1.82) is 0 Å². The molecule has 3 N–H and O–H groups in total. The average Bonchev–Trinajstić information content (AvgIpc) is 3.09. The zero-order valence-corrected chi connectivity index (χ0v) is 32.1. The summed E-state index contributed by atoms with van der Waals surface area (Å²) in [6.45, 7) is 2.33. The van der Waals surface area contributed by atoms with E-state index in [1.807, 2.05) is 6.08 Å². The number of ether oxygens (including phenoxy) is 2. The molecular formula is C38H73O10P. The van der Waals surface area contributed by atoms with Crippen molar-refractivity contribution in [1.82, 2.24) is 0 Å². The second-order valence-corrected chi connectivity index (χ2v) is 14.8. The molecule has 0 bridgehead atoms. The highest BCUT2D eigenvalue weighted by Crippen LogP contribution is 2.43. The van der Waals surface area contributed by atoms with E-state index in [9.17, 15) is 24.2 Å². The molecule has 0 aromatic heterocycles. The van der Waals surface area contributed by atoms with Crippen LogP contribution in [0.25, 0.3) is 0 Å². The average molecular weight is 721 g/mol. The zero-order valence-electron chi connectivity index (χ0n) is 31.2. The van der Waals surface area contributed by atoms with Gasteiger partial charge in [0.2, 0.25) is 0 Å². The van der Waals surface area contributed by atoms with Crippen LogP contribution in [-0.2, 0) is 32.7 Å². The van der Waals surface area contributed by atoms with Crippen molar-refractivity contribution in [2.75, 3.05) is 26.4 Å². The van der Waals surface area contributed by atoms with Gasteiger partial charge in [0, 0.05) is 12.8 Å². The molecule has 11 heteroatoms. The van der Waals surface area contributed by atoms with Crippen LogP contribution in [0.15, 0.2) is 12.2 Å². The van der Waals surface area contributed by atoms with E-state index < -0.39 is 51.8 Å². The second kappa shape index (κ2) is 35.1. The molecule has 0 aliphatic heterocycles. The molecule has 0 aromatic carbocycles. The first-order valence-electron chi connectivity index (χ1n) is 19.6. The van der Waals surface area contributed by atoms with Crippen molar-refractivity contribution in [3.05, 3.63) is 12.2 Å². The molecule has 49 heavy (non-hydrogen) atoms. The van der Waals surface area contributed by atoms with Crippen LogP contribution in [0, 0.1) is 0 Å². The molecule has 0 saturated heterocycles. The summed E-state index contributed by atoms with van der Waals surface area (Å²) < 4.78 is 32.5. The van der Waals surface area contributed by atoms with Crippen molar-refractivity contribution in [2.45, 2.75) is 193 Å². The molecule has 0 heterocycles. The van der Waals surface area contributed by atoms with Gasteiger partial charge in [0.1, 0.15) is 12.7 Å². The summed E-state index contributed by atoms with van der Waals surface area (Å²) in [6, 6.07) is 0. The van der Waals surface area contributed by atoms with Crippen LogP contribution in [0.2, 0.25) is 0 Å². The number of phosphoric ester groups is 1. The first kappa shape index (κ1) is 47.7. The molecule has 0 radical (unpaired) electrons. The van der Waals surface area contributed by atoms with Gasteiger partial charge in [0.25, 0.3) is 0 Å². The van der Waals surface area contributed by atoms with E-state index in [4.69, 9.17) is 19.1 Å². The van der Waals surface area contributed by atoms with Crippen molar-refractivity contribution < 1.29 is 47.8 Å². The number of aliphatic hydroxyl groups excluding tert-OH is 2. The minimum absolute atomic E-state index is 0.162. The summed E-state index contributed by atoms with van der Waals surface area (Å²) in [4.78, 5) is 34.8. The van der Waals surface area contributed by atoms with E-state index in [0.29, 0.717) is 12.8 Å². The summed E-state index contributed by atoms with van der Waals surface area (Å²) in [6.07, 6.45) is 30.5. The van der Waals surface area contributed by atoms with Crippen LogP contribution in [-0.4, -0.2) is 65.7 Å². The predicted molar refractivity (Wildman–Crippen MR) is 196 cm³/mol. The molecular weight excluding hydrogens is 647 g/mol. The molecule has 0 amide bonds. The third kappa shape index (κ3) is 34.9. The number of unbranched alkanes of at least 4 members (excludes halogenated alkanes) is 21. The SMILES string of the molecule is CCCCCCCCCCCCC/C=C/CCC(=O)OC[C@H](COP(=O)(O)OC[C@@H](O)CO)OC(=O)CCCCCCCCCCCCC. The zero-order chi connectivity index (χ0) is 36.3. The molecule has 3 atom stereocenters. The molecule has 1 unspecified atom stereocenters. The number of rotatable bonds is 37. The van der Waals surface area contributed by atoms with Crippen LogP contribution >= 0.6 is 7.82 Å². The van der Waals surface area contributed by atoms with Gasteiger partial charge in [-0.3, -0.25) is 18.6 Å². The highest BCUT2D eigenvalue weighted by atomic mass is 31.2. The summed E-state index contributed by atoms with van der Waals surface area (Å²) in [5.74, 6) is -0.976. The smallest absolute Gasteiger partial charge is 0.462 e. The topological polar surface area (TPSA) is 149 Å². The Hall–Kier alpha value is -1.29. The minimum Gasteiger partial charge on any atom is -0.462 e. The normalized spacial score (nSPS) is 14.1. The van der Waals surface area contributed by atoms with E-state index in [0.717, 1.165) is 32.1 Å². The lowest BCUT2D eigenvalue weighted by atomic mass is 10.1.